The number of benzene rings is 2. The second-order valence-corrected chi connectivity index (χ2v) is 7.97. The van der Waals surface area contributed by atoms with E-state index in [-0.39, 0.29) is 18.0 Å². The SMILES string of the molecule is C[C@H]1C(O)[C@@H](CO)O[C@H]1n1cc(C(=O)NCCc2cccc3ccccc23)c(N)nc1=O. The van der Waals surface area contributed by atoms with Crippen molar-refractivity contribution in [3.8, 4) is 0 Å². The number of carbonyl (C=O) groups is 1. The molecule has 5 N–H and O–H groups in total. The fraction of sp³-hybridized carbons (Fsp3) is 0.348. The highest BCUT2D eigenvalue weighted by molar-refractivity contribution is 5.98. The molecule has 0 bridgehead atoms. The number of aliphatic hydroxyl groups is 2. The normalized spacial score (nSPS) is 22.8. The van der Waals surface area contributed by atoms with Crippen LogP contribution in [0.1, 0.15) is 29.1 Å². The minimum Gasteiger partial charge on any atom is -0.394 e. The number of nitrogens with two attached hydrogens (primary N) is 1. The molecule has 4 rings (SSSR count). The lowest BCUT2D eigenvalue weighted by Gasteiger charge is -2.19. The highest BCUT2D eigenvalue weighted by atomic mass is 16.5. The van der Waals surface area contributed by atoms with Gasteiger partial charge in [0.1, 0.15) is 18.1 Å². The summed E-state index contributed by atoms with van der Waals surface area (Å²) in [6.07, 6.45) is -0.728. The number of hydrogen-bond donors (Lipinski definition) is 4. The van der Waals surface area contributed by atoms with Gasteiger partial charge in [-0.05, 0) is 22.8 Å². The van der Waals surface area contributed by atoms with Gasteiger partial charge in [-0.3, -0.25) is 9.36 Å². The number of nitrogen functional groups attached to an aromatic ring is 1. The summed E-state index contributed by atoms with van der Waals surface area (Å²) in [5.74, 6) is -1.13. The topological polar surface area (TPSA) is 140 Å². The summed E-state index contributed by atoms with van der Waals surface area (Å²) >= 11 is 0. The second kappa shape index (κ2) is 9.07. The van der Waals surface area contributed by atoms with Crippen molar-refractivity contribution in [3.63, 3.8) is 0 Å². The van der Waals surface area contributed by atoms with Crippen LogP contribution in [0.25, 0.3) is 10.8 Å². The van der Waals surface area contributed by atoms with Crippen LogP contribution in [0, 0.1) is 5.92 Å². The van der Waals surface area contributed by atoms with Crippen LogP contribution >= 0.6 is 0 Å². The number of hydrogen-bond acceptors (Lipinski definition) is 7. The Bertz CT molecular complexity index is 1190. The van der Waals surface area contributed by atoms with Gasteiger partial charge in [0.25, 0.3) is 5.91 Å². The lowest BCUT2D eigenvalue weighted by Crippen LogP contribution is -2.34. The first-order valence-electron chi connectivity index (χ1n) is 10.5. The average molecular weight is 438 g/mol. The summed E-state index contributed by atoms with van der Waals surface area (Å²) in [5.41, 5.74) is 6.30. The van der Waals surface area contributed by atoms with E-state index < -0.39 is 36.0 Å². The van der Waals surface area contributed by atoms with E-state index in [9.17, 15) is 19.8 Å². The molecule has 0 saturated carbocycles. The third-order valence-corrected chi connectivity index (χ3v) is 5.92. The maximum Gasteiger partial charge on any atom is 0.351 e. The third-order valence-electron chi connectivity index (χ3n) is 5.92. The van der Waals surface area contributed by atoms with E-state index in [4.69, 9.17) is 10.5 Å². The largest absolute Gasteiger partial charge is 0.394 e. The highest BCUT2D eigenvalue weighted by Crippen LogP contribution is 2.33. The van der Waals surface area contributed by atoms with Crippen LogP contribution in [-0.4, -0.2) is 51.0 Å². The van der Waals surface area contributed by atoms with E-state index in [1.165, 1.54) is 6.20 Å². The van der Waals surface area contributed by atoms with Crippen molar-refractivity contribution in [2.24, 2.45) is 5.92 Å². The van der Waals surface area contributed by atoms with Crippen LogP contribution in [0.15, 0.2) is 53.5 Å². The molecule has 1 aliphatic heterocycles. The Labute approximate surface area is 184 Å². The average Bonchev–Trinajstić information content (AvgIpc) is 3.07. The zero-order chi connectivity index (χ0) is 22.8. The van der Waals surface area contributed by atoms with Crippen LogP contribution in [0.3, 0.4) is 0 Å². The number of aromatic nitrogens is 2. The van der Waals surface area contributed by atoms with Crippen LogP contribution in [0.2, 0.25) is 0 Å². The minimum absolute atomic E-state index is 0.0419. The third kappa shape index (κ3) is 4.10. The molecular weight excluding hydrogens is 412 g/mol. The van der Waals surface area contributed by atoms with Gasteiger partial charge in [0.2, 0.25) is 0 Å². The van der Waals surface area contributed by atoms with Crippen molar-refractivity contribution in [3.05, 3.63) is 70.3 Å². The Morgan fingerprint density at radius 3 is 2.75 bits per heavy atom. The van der Waals surface area contributed by atoms with Crippen LogP contribution in [0.5, 0.6) is 0 Å². The maximum absolute atomic E-state index is 12.8. The summed E-state index contributed by atoms with van der Waals surface area (Å²) < 4.78 is 6.75. The van der Waals surface area contributed by atoms with Crippen LogP contribution in [-0.2, 0) is 11.2 Å². The Hall–Kier alpha value is -3.27. The molecule has 9 nitrogen and oxygen atoms in total. The van der Waals surface area contributed by atoms with Gasteiger partial charge < -0.3 is 26.0 Å². The molecule has 9 heteroatoms. The Balaban J connectivity index is 1.50. The molecule has 1 aromatic heterocycles. The van der Waals surface area contributed by atoms with Gasteiger partial charge in [0.15, 0.2) is 0 Å². The zero-order valence-electron chi connectivity index (χ0n) is 17.6. The van der Waals surface area contributed by atoms with Crippen molar-refractivity contribution >= 4 is 22.5 Å². The number of fused-ring (bicyclic) bond motifs is 1. The fourth-order valence-electron chi connectivity index (χ4n) is 4.12. The fourth-order valence-corrected chi connectivity index (χ4v) is 4.12. The molecular formula is C23H26N4O5. The number of nitrogens with one attached hydrogen (secondary N) is 1. The smallest absolute Gasteiger partial charge is 0.351 e. The number of rotatable bonds is 6. The summed E-state index contributed by atoms with van der Waals surface area (Å²) in [5, 5.41) is 24.6. The second-order valence-electron chi connectivity index (χ2n) is 7.97. The van der Waals surface area contributed by atoms with Gasteiger partial charge in [0, 0.05) is 18.7 Å². The van der Waals surface area contributed by atoms with E-state index in [0.717, 1.165) is 20.9 Å². The standard InChI is InChI=1S/C23H26N4O5/c1-13-19(29)18(12-28)32-22(13)27-11-17(20(24)26-23(27)31)21(30)25-10-9-15-7-4-6-14-5-2-3-8-16(14)15/h2-8,11,13,18-19,22,28-29H,9-10,12H2,1H3,(H,25,30)(H2,24,26,31)/t13-,18+,19?,22+/m0/s1. The lowest BCUT2D eigenvalue weighted by atomic mass is 10.0. The Morgan fingerprint density at radius 1 is 1.25 bits per heavy atom. The minimum atomic E-state index is -0.951. The molecule has 4 atom stereocenters. The number of aliphatic hydroxyl groups excluding tert-OH is 2. The lowest BCUT2D eigenvalue weighted by molar-refractivity contribution is -0.0476. The van der Waals surface area contributed by atoms with Gasteiger partial charge in [-0.15, -0.1) is 0 Å². The van der Waals surface area contributed by atoms with Crippen molar-refractivity contribution in [2.75, 3.05) is 18.9 Å². The summed E-state index contributed by atoms with van der Waals surface area (Å²) in [7, 11) is 0. The van der Waals surface area contributed by atoms with Crippen molar-refractivity contribution < 1.29 is 19.7 Å². The summed E-state index contributed by atoms with van der Waals surface area (Å²) in [6, 6.07) is 14.1. The first kappa shape index (κ1) is 21.9. The van der Waals surface area contributed by atoms with Crippen LogP contribution in [0.4, 0.5) is 5.82 Å². The predicted octanol–water partition coefficient (Wildman–Crippen LogP) is 0.838. The first-order chi connectivity index (χ1) is 15.4. The number of anilines is 1. The van der Waals surface area contributed by atoms with Crippen molar-refractivity contribution in [1.29, 1.82) is 0 Å². The molecule has 0 spiro atoms. The quantitative estimate of drug-likeness (QED) is 0.447. The molecule has 32 heavy (non-hydrogen) atoms. The molecule has 0 aliphatic carbocycles. The molecule has 1 fully saturated rings. The van der Waals surface area contributed by atoms with Crippen LogP contribution < -0.4 is 16.7 Å². The highest BCUT2D eigenvalue weighted by Gasteiger charge is 2.42. The summed E-state index contributed by atoms with van der Waals surface area (Å²) in [4.78, 5) is 28.9. The van der Waals surface area contributed by atoms with E-state index in [2.05, 4.69) is 10.3 Å². The van der Waals surface area contributed by atoms with Crippen molar-refractivity contribution in [1.82, 2.24) is 14.9 Å². The molecule has 2 heterocycles. The number of ether oxygens (including phenoxy) is 1. The van der Waals surface area contributed by atoms with Gasteiger partial charge in [0.05, 0.1) is 18.3 Å². The number of carbonyl (C=O) groups excluding carboxylic acids is 1. The number of nitrogens with zero attached hydrogens (tertiary/aromatic N) is 2. The van der Waals surface area contributed by atoms with E-state index in [0.29, 0.717) is 13.0 Å². The van der Waals surface area contributed by atoms with Gasteiger partial charge >= 0.3 is 5.69 Å². The van der Waals surface area contributed by atoms with Gasteiger partial charge in [-0.2, -0.15) is 4.98 Å². The molecule has 1 unspecified atom stereocenters. The van der Waals surface area contributed by atoms with Gasteiger partial charge in [-0.1, -0.05) is 49.4 Å². The predicted molar refractivity (Wildman–Crippen MR) is 119 cm³/mol. The Kier molecular flexibility index (Phi) is 6.22. The molecule has 168 valence electrons. The maximum atomic E-state index is 12.8. The zero-order valence-corrected chi connectivity index (χ0v) is 17.6. The van der Waals surface area contributed by atoms with Gasteiger partial charge in [-0.25, -0.2) is 4.79 Å². The van der Waals surface area contributed by atoms with Crippen molar-refractivity contribution in [2.45, 2.75) is 31.8 Å². The van der Waals surface area contributed by atoms with E-state index >= 15 is 0 Å². The molecule has 3 aromatic rings. The molecule has 0 radical (unpaired) electrons. The monoisotopic (exact) mass is 438 g/mol. The molecule has 1 amide bonds. The van der Waals surface area contributed by atoms with E-state index in [1.54, 1.807) is 6.92 Å². The summed E-state index contributed by atoms with van der Waals surface area (Å²) in [6.45, 7) is 1.67. The molecule has 2 aromatic carbocycles. The molecule has 1 aliphatic rings. The van der Waals surface area contributed by atoms with E-state index in [1.807, 2.05) is 42.5 Å². The Morgan fingerprint density at radius 2 is 2.00 bits per heavy atom. The first-order valence-corrected chi connectivity index (χ1v) is 10.5. The molecule has 1 saturated heterocycles. The number of amides is 1.